The van der Waals surface area contributed by atoms with E-state index in [4.69, 9.17) is 4.74 Å². The van der Waals surface area contributed by atoms with Gasteiger partial charge < -0.3 is 25.4 Å². The molecule has 164 valence electrons. The Morgan fingerprint density at radius 1 is 1.14 bits per heavy atom. The molecule has 0 amide bonds. The number of guanidine groups is 1. The Hall–Kier alpha value is -0.890. The van der Waals surface area contributed by atoms with Crippen molar-refractivity contribution in [2.45, 2.75) is 46.1 Å². The number of rotatable bonds is 9. The quantitative estimate of drug-likeness (QED) is 0.306. The molecule has 2 saturated heterocycles. The number of nitrogens with zero attached hydrogens (tertiary/aromatic N) is 3. The minimum absolute atomic E-state index is 0.390. The maximum atomic E-state index is 10.7. The molecule has 0 aromatic rings. The Labute approximate surface area is 171 Å². The van der Waals surface area contributed by atoms with Crippen LogP contribution in [0, 0.1) is 11.8 Å². The number of hydrogen-bond donors (Lipinski definition) is 3. The molecule has 0 aromatic carbocycles. The highest BCUT2D eigenvalue weighted by molar-refractivity contribution is 5.79. The molecular formula is C21H43N5O2. The molecule has 2 fully saturated rings. The van der Waals surface area contributed by atoms with Crippen LogP contribution < -0.4 is 10.6 Å². The number of nitrogens with one attached hydrogen (secondary N) is 2. The van der Waals surface area contributed by atoms with Gasteiger partial charge in [0.15, 0.2) is 5.96 Å². The molecule has 2 aliphatic rings. The highest BCUT2D eigenvalue weighted by atomic mass is 16.5. The summed E-state index contributed by atoms with van der Waals surface area (Å²) in [5, 5.41) is 17.4. The largest absolute Gasteiger partial charge is 0.387 e. The first-order valence-corrected chi connectivity index (χ1v) is 11.1. The smallest absolute Gasteiger partial charge is 0.191 e. The maximum absolute atomic E-state index is 10.7. The van der Waals surface area contributed by atoms with E-state index in [2.05, 4.69) is 46.2 Å². The van der Waals surface area contributed by atoms with Gasteiger partial charge in [-0.25, -0.2) is 0 Å². The summed E-state index contributed by atoms with van der Waals surface area (Å²) in [5.74, 6) is 2.42. The van der Waals surface area contributed by atoms with E-state index in [0.717, 1.165) is 70.2 Å². The first-order chi connectivity index (χ1) is 13.4. The number of piperidine rings is 1. The second-order valence-electron chi connectivity index (χ2n) is 9.07. The molecule has 3 atom stereocenters. The summed E-state index contributed by atoms with van der Waals surface area (Å²) in [5.41, 5.74) is -0.834. The Morgan fingerprint density at radius 3 is 2.46 bits per heavy atom. The lowest BCUT2D eigenvalue weighted by Gasteiger charge is -2.35. The van der Waals surface area contributed by atoms with Crippen molar-refractivity contribution in [2.24, 2.45) is 16.8 Å². The molecule has 0 radical (unpaired) electrons. The normalized spacial score (nSPS) is 27.4. The van der Waals surface area contributed by atoms with E-state index in [1.165, 1.54) is 19.5 Å². The summed E-state index contributed by atoms with van der Waals surface area (Å²) in [7, 11) is 0. The molecule has 2 heterocycles. The number of hydrogen-bond acceptors (Lipinski definition) is 5. The number of β-amino-alcohol motifs (C(OH)–C–C–N with tert-alkyl or cyclic N) is 1. The molecule has 0 aromatic heterocycles. The zero-order valence-corrected chi connectivity index (χ0v) is 18.5. The molecular weight excluding hydrogens is 354 g/mol. The van der Waals surface area contributed by atoms with E-state index in [9.17, 15) is 5.11 Å². The van der Waals surface area contributed by atoms with Crippen molar-refractivity contribution >= 4 is 5.96 Å². The van der Waals surface area contributed by atoms with Crippen LogP contribution in [0.2, 0.25) is 0 Å². The van der Waals surface area contributed by atoms with Gasteiger partial charge in [0.05, 0.1) is 25.4 Å². The van der Waals surface area contributed by atoms with Gasteiger partial charge in [-0.2, -0.15) is 0 Å². The topological polar surface area (TPSA) is 72.4 Å². The van der Waals surface area contributed by atoms with E-state index < -0.39 is 5.60 Å². The van der Waals surface area contributed by atoms with Gasteiger partial charge in [0, 0.05) is 45.8 Å². The minimum Gasteiger partial charge on any atom is -0.387 e. The number of ether oxygens (including phenoxy) is 1. The van der Waals surface area contributed by atoms with E-state index >= 15 is 0 Å². The predicted octanol–water partition coefficient (Wildman–Crippen LogP) is 0.993. The van der Waals surface area contributed by atoms with Crippen LogP contribution in [0.5, 0.6) is 0 Å². The second-order valence-corrected chi connectivity index (χ2v) is 9.07. The van der Waals surface area contributed by atoms with Crippen LogP contribution in [0.1, 0.15) is 40.5 Å². The standard InChI is InChI=1S/C21H43N5O2/c1-5-22-20(23-7-6-8-26-14-18(2)13-19(3)15-26)24-16-21(4,27)17-25-9-11-28-12-10-25/h18-19,27H,5-17H2,1-4H3,(H2,22,23,24). The van der Waals surface area contributed by atoms with Crippen molar-refractivity contribution in [2.75, 3.05) is 72.1 Å². The Bertz CT molecular complexity index is 456. The second kappa shape index (κ2) is 12.0. The predicted molar refractivity (Wildman–Crippen MR) is 116 cm³/mol. The lowest BCUT2D eigenvalue weighted by atomic mass is 9.92. The summed E-state index contributed by atoms with van der Waals surface area (Å²) in [6.45, 7) is 18.2. The van der Waals surface area contributed by atoms with Crippen molar-refractivity contribution in [3.63, 3.8) is 0 Å². The molecule has 7 heteroatoms. The lowest BCUT2D eigenvalue weighted by molar-refractivity contribution is -0.0179. The third kappa shape index (κ3) is 9.07. The van der Waals surface area contributed by atoms with Gasteiger partial charge in [0.2, 0.25) is 0 Å². The third-order valence-corrected chi connectivity index (χ3v) is 5.48. The number of likely N-dealkylation sites (tertiary alicyclic amines) is 1. The van der Waals surface area contributed by atoms with Crippen LogP contribution in [-0.4, -0.2) is 98.6 Å². The first-order valence-electron chi connectivity index (χ1n) is 11.1. The van der Waals surface area contributed by atoms with Gasteiger partial charge in [-0.15, -0.1) is 0 Å². The molecule has 0 saturated carbocycles. The maximum Gasteiger partial charge on any atom is 0.191 e. The lowest BCUT2D eigenvalue weighted by Crippen LogP contribution is -2.48. The summed E-state index contributed by atoms with van der Waals surface area (Å²) in [6, 6.07) is 0. The highest BCUT2D eigenvalue weighted by Crippen LogP contribution is 2.20. The number of morpholine rings is 1. The first kappa shape index (κ1) is 23.4. The van der Waals surface area contributed by atoms with Gasteiger partial charge in [0.25, 0.3) is 0 Å². The van der Waals surface area contributed by atoms with E-state index in [-0.39, 0.29) is 0 Å². The minimum atomic E-state index is -0.834. The molecule has 0 spiro atoms. The molecule has 3 unspecified atom stereocenters. The monoisotopic (exact) mass is 397 g/mol. The van der Waals surface area contributed by atoms with Gasteiger partial charge in [-0.1, -0.05) is 13.8 Å². The average molecular weight is 398 g/mol. The Kier molecular flexibility index (Phi) is 9.99. The van der Waals surface area contributed by atoms with Crippen molar-refractivity contribution in [3.05, 3.63) is 0 Å². The van der Waals surface area contributed by atoms with Crippen LogP contribution >= 0.6 is 0 Å². The summed E-state index contributed by atoms with van der Waals surface area (Å²) < 4.78 is 5.38. The van der Waals surface area contributed by atoms with Gasteiger partial charge in [0.1, 0.15) is 0 Å². The van der Waals surface area contributed by atoms with E-state index in [1.807, 2.05) is 6.92 Å². The van der Waals surface area contributed by atoms with E-state index in [0.29, 0.717) is 13.1 Å². The summed E-state index contributed by atoms with van der Waals surface area (Å²) in [6.07, 6.45) is 2.46. The van der Waals surface area contributed by atoms with Crippen LogP contribution in [-0.2, 0) is 4.74 Å². The van der Waals surface area contributed by atoms with Crippen molar-refractivity contribution in [1.29, 1.82) is 0 Å². The van der Waals surface area contributed by atoms with Crippen LogP contribution in [0.3, 0.4) is 0 Å². The molecule has 0 aliphatic carbocycles. The SMILES string of the molecule is CCNC(=NCC(C)(O)CN1CCOCC1)NCCCN1CC(C)CC(C)C1. The Morgan fingerprint density at radius 2 is 1.82 bits per heavy atom. The third-order valence-electron chi connectivity index (χ3n) is 5.48. The fourth-order valence-electron chi connectivity index (χ4n) is 4.37. The fraction of sp³-hybridized carbons (Fsp3) is 0.952. The zero-order valence-electron chi connectivity index (χ0n) is 18.5. The van der Waals surface area contributed by atoms with Crippen molar-refractivity contribution in [3.8, 4) is 0 Å². The molecule has 2 aliphatic heterocycles. The highest BCUT2D eigenvalue weighted by Gasteiger charge is 2.25. The number of aliphatic hydroxyl groups is 1. The molecule has 2 rings (SSSR count). The van der Waals surface area contributed by atoms with Crippen molar-refractivity contribution in [1.82, 2.24) is 20.4 Å². The number of aliphatic imine (C=N–C) groups is 1. The van der Waals surface area contributed by atoms with Crippen LogP contribution in [0.4, 0.5) is 0 Å². The average Bonchev–Trinajstić information content (AvgIpc) is 2.63. The van der Waals surface area contributed by atoms with Crippen LogP contribution in [0.15, 0.2) is 4.99 Å². The molecule has 28 heavy (non-hydrogen) atoms. The molecule has 0 bridgehead atoms. The van der Waals surface area contributed by atoms with Gasteiger partial charge in [-0.3, -0.25) is 9.89 Å². The summed E-state index contributed by atoms with van der Waals surface area (Å²) in [4.78, 5) is 9.48. The van der Waals surface area contributed by atoms with E-state index in [1.54, 1.807) is 0 Å². The van der Waals surface area contributed by atoms with Crippen LogP contribution in [0.25, 0.3) is 0 Å². The van der Waals surface area contributed by atoms with Gasteiger partial charge in [-0.05, 0) is 45.1 Å². The molecule has 3 N–H and O–H groups in total. The van der Waals surface area contributed by atoms with Crippen molar-refractivity contribution < 1.29 is 9.84 Å². The Balaban J connectivity index is 1.71. The summed E-state index contributed by atoms with van der Waals surface area (Å²) >= 11 is 0. The van der Waals surface area contributed by atoms with Gasteiger partial charge >= 0.3 is 0 Å². The fourth-order valence-corrected chi connectivity index (χ4v) is 4.37. The zero-order chi connectivity index (χ0) is 20.4. The molecule has 7 nitrogen and oxygen atoms in total.